The molecular formula is C19H32BrIN4O. The van der Waals surface area contributed by atoms with E-state index in [9.17, 15) is 0 Å². The quantitative estimate of drug-likeness (QED) is 0.230. The number of halogens is 2. The summed E-state index contributed by atoms with van der Waals surface area (Å²) in [6.45, 7) is 7.96. The number of nitrogens with one attached hydrogen (secondary N) is 2. The number of aliphatic imine (C=N–C) groups is 1. The number of benzene rings is 1. The van der Waals surface area contributed by atoms with Gasteiger partial charge in [-0.15, -0.1) is 24.0 Å². The molecule has 1 heterocycles. The molecule has 7 heteroatoms. The van der Waals surface area contributed by atoms with Crippen molar-refractivity contribution >= 4 is 45.9 Å². The number of methoxy groups -OCH3 is 1. The first-order chi connectivity index (χ1) is 12.2. The summed E-state index contributed by atoms with van der Waals surface area (Å²) in [5.74, 6) is 0.920. The van der Waals surface area contributed by atoms with Crippen LogP contribution in [0.3, 0.4) is 0 Å². The molecule has 148 valence electrons. The van der Waals surface area contributed by atoms with Crippen LogP contribution in [0.5, 0.6) is 0 Å². The van der Waals surface area contributed by atoms with Gasteiger partial charge in [-0.1, -0.05) is 28.1 Å². The Kier molecular flexibility index (Phi) is 12.5. The van der Waals surface area contributed by atoms with E-state index in [1.807, 2.05) is 0 Å². The fourth-order valence-corrected chi connectivity index (χ4v) is 3.27. The summed E-state index contributed by atoms with van der Waals surface area (Å²) < 4.78 is 6.24. The van der Waals surface area contributed by atoms with Gasteiger partial charge in [-0.25, -0.2) is 4.99 Å². The third kappa shape index (κ3) is 9.01. The molecular weight excluding hydrogens is 507 g/mol. The number of rotatable bonds is 8. The van der Waals surface area contributed by atoms with E-state index in [-0.39, 0.29) is 24.0 Å². The van der Waals surface area contributed by atoms with Crippen molar-refractivity contribution in [2.45, 2.75) is 38.8 Å². The van der Waals surface area contributed by atoms with Crippen LogP contribution in [-0.4, -0.2) is 56.8 Å². The molecule has 0 aliphatic carbocycles. The number of likely N-dealkylation sites (tertiary alicyclic amines) is 1. The molecule has 1 saturated heterocycles. The fourth-order valence-electron chi connectivity index (χ4n) is 3.01. The molecule has 1 aromatic carbocycles. The van der Waals surface area contributed by atoms with Crippen LogP contribution < -0.4 is 10.6 Å². The van der Waals surface area contributed by atoms with Gasteiger partial charge in [0, 0.05) is 50.4 Å². The molecule has 1 aliphatic rings. The second-order valence-corrected chi connectivity index (χ2v) is 7.34. The van der Waals surface area contributed by atoms with Gasteiger partial charge in [0.2, 0.25) is 0 Å². The van der Waals surface area contributed by atoms with E-state index in [2.05, 4.69) is 62.7 Å². The first kappa shape index (κ1) is 23.7. The summed E-state index contributed by atoms with van der Waals surface area (Å²) in [5, 5.41) is 6.97. The maximum Gasteiger partial charge on any atom is 0.191 e. The van der Waals surface area contributed by atoms with E-state index < -0.39 is 0 Å². The van der Waals surface area contributed by atoms with Crippen LogP contribution in [0.1, 0.15) is 31.7 Å². The van der Waals surface area contributed by atoms with Crippen molar-refractivity contribution in [2.24, 2.45) is 4.99 Å². The first-order valence-electron chi connectivity index (χ1n) is 9.22. The molecule has 5 nitrogen and oxygen atoms in total. The third-order valence-corrected chi connectivity index (χ3v) is 4.96. The zero-order chi connectivity index (χ0) is 17.9. The second kappa shape index (κ2) is 13.7. The minimum atomic E-state index is 0. The second-order valence-electron chi connectivity index (χ2n) is 6.43. The highest BCUT2D eigenvalue weighted by Crippen LogP contribution is 2.12. The van der Waals surface area contributed by atoms with Crippen LogP contribution in [0.2, 0.25) is 0 Å². The minimum absolute atomic E-state index is 0. The number of ether oxygens (including phenoxy) is 1. The molecule has 2 rings (SSSR count). The summed E-state index contributed by atoms with van der Waals surface area (Å²) in [6, 6.07) is 8.83. The molecule has 0 atom stereocenters. The molecule has 0 bridgehead atoms. The van der Waals surface area contributed by atoms with Crippen molar-refractivity contribution in [1.82, 2.24) is 15.5 Å². The average Bonchev–Trinajstić information content (AvgIpc) is 2.63. The molecule has 0 saturated carbocycles. The van der Waals surface area contributed by atoms with Gasteiger partial charge in [-0.2, -0.15) is 0 Å². The SMILES string of the molecule is CCNC(=NCc1ccc(Br)cc1)NC1CCN(CCCOC)CC1.I. The summed E-state index contributed by atoms with van der Waals surface area (Å²) in [4.78, 5) is 7.27. The zero-order valence-electron chi connectivity index (χ0n) is 15.8. The lowest BCUT2D eigenvalue weighted by Gasteiger charge is -2.33. The number of piperidine rings is 1. The van der Waals surface area contributed by atoms with Crippen molar-refractivity contribution in [3.05, 3.63) is 34.3 Å². The number of nitrogens with zero attached hydrogens (tertiary/aromatic N) is 2. The Morgan fingerprint density at radius 1 is 1.27 bits per heavy atom. The van der Waals surface area contributed by atoms with Gasteiger partial charge >= 0.3 is 0 Å². The van der Waals surface area contributed by atoms with Crippen LogP contribution in [0.4, 0.5) is 0 Å². The molecule has 0 unspecified atom stereocenters. The van der Waals surface area contributed by atoms with Gasteiger partial charge in [-0.05, 0) is 43.9 Å². The number of guanidine groups is 1. The maximum atomic E-state index is 5.14. The normalized spacial score (nSPS) is 16.2. The summed E-state index contributed by atoms with van der Waals surface area (Å²) in [7, 11) is 1.77. The molecule has 0 radical (unpaired) electrons. The van der Waals surface area contributed by atoms with Crippen LogP contribution >= 0.6 is 39.9 Å². The summed E-state index contributed by atoms with van der Waals surface area (Å²) in [6.07, 6.45) is 3.44. The number of hydrogen-bond donors (Lipinski definition) is 2. The van der Waals surface area contributed by atoms with Crippen molar-refractivity contribution < 1.29 is 4.74 Å². The first-order valence-corrected chi connectivity index (χ1v) is 10.0. The van der Waals surface area contributed by atoms with E-state index in [4.69, 9.17) is 9.73 Å². The molecule has 26 heavy (non-hydrogen) atoms. The molecule has 1 aromatic rings. The Balaban J connectivity index is 0.00000338. The van der Waals surface area contributed by atoms with Crippen molar-refractivity contribution in [1.29, 1.82) is 0 Å². The summed E-state index contributed by atoms with van der Waals surface area (Å²) >= 11 is 3.47. The maximum absolute atomic E-state index is 5.14. The molecule has 1 fully saturated rings. The van der Waals surface area contributed by atoms with Gasteiger partial charge in [0.15, 0.2) is 5.96 Å². The standard InChI is InChI=1S/C19H31BrN4O.HI/c1-3-21-19(22-15-16-5-7-17(20)8-6-16)23-18-9-12-24(13-10-18)11-4-14-25-2;/h5-8,18H,3-4,9-15H2,1-2H3,(H2,21,22,23);1H. The smallest absolute Gasteiger partial charge is 0.191 e. The van der Waals surface area contributed by atoms with Gasteiger partial charge < -0.3 is 20.3 Å². The average molecular weight is 539 g/mol. The lowest BCUT2D eigenvalue weighted by Crippen LogP contribution is -2.48. The van der Waals surface area contributed by atoms with Crippen molar-refractivity contribution in [3.8, 4) is 0 Å². The largest absolute Gasteiger partial charge is 0.385 e. The summed E-state index contributed by atoms with van der Waals surface area (Å²) in [5.41, 5.74) is 1.22. The highest BCUT2D eigenvalue weighted by Gasteiger charge is 2.19. The molecule has 0 aromatic heterocycles. The predicted octanol–water partition coefficient (Wildman–Crippen LogP) is 3.62. The molecule has 0 spiro atoms. The highest BCUT2D eigenvalue weighted by atomic mass is 127. The van der Waals surface area contributed by atoms with E-state index in [0.29, 0.717) is 12.6 Å². The van der Waals surface area contributed by atoms with Gasteiger partial charge in [-0.3, -0.25) is 0 Å². The third-order valence-electron chi connectivity index (χ3n) is 4.43. The Morgan fingerprint density at radius 2 is 1.96 bits per heavy atom. The lowest BCUT2D eigenvalue weighted by atomic mass is 10.1. The Bertz CT molecular complexity index is 519. The predicted molar refractivity (Wildman–Crippen MR) is 123 cm³/mol. The number of hydrogen-bond acceptors (Lipinski definition) is 3. The fraction of sp³-hybridized carbons (Fsp3) is 0.632. The van der Waals surface area contributed by atoms with Crippen LogP contribution in [0, 0.1) is 0 Å². The van der Waals surface area contributed by atoms with E-state index >= 15 is 0 Å². The van der Waals surface area contributed by atoms with Gasteiger partial charge in [0.1, 0.15) is 0 Å². The van der Waals surface area contributed by atoms with Crippen LogP contribution in [0.15, 0.2) is 33.7 Å². The minimum Gasteiger partial charge on any atom is -0.385 e. The highest BCUT2D eigenvalue weighted by molar-refractivity contribution is 14.0. The Labute approximate surface area is 183 Å². The topological polar surface area (TPSA) is 48.9 Å². The molecule has 0 amide bonds. The molecule has 2 N–H and O–H groups in total. The van der Waals surface area contributed by atoms with Crippen molar-refractivity contribution in [2.75, 3.05) is 39.9 Å². The van der Waals surface area contributed by atoms with E-state index in [0.717, 1.165) is 62.5 Å². The zero-order valence-corrected chi connectivity index (χ0v) is 19.8. The van der Waals surface area contributed by atoms with Crippen LogP contribution in [-0.2, 0) is 11.3 Å². The van der Waals surface area contributed by atoms with Crippen LogP contribution in [0.25, 0.3) is 0 Å². The Hall–Kier alpha value is -0.380. The van der Waals surface area contributed by atoms with Gasteiger partial charge in [0.25, 0.3) is 0 Å². The van der Waals surface area contributed by atoms with Gasteiger partial charge in [0.05, 0.1) is 6.54 Å². The van der Waals surface area contributed by atoms with E-state index in [1.165, 1.54) is 5.56 Å². The van der Waals surface area contributed by atoms with Crippen molar-refractivity contribution in [3.63, 3.8) is 0 Å². The molecule has 1 aliphatic heterocycles. The monoisotopic (exact) mass is 538 g/mol. The lowest BCUT2D eigenvalue weighted by molar-refractivity contribution is 0.155. The van der Waals surface area contributed by atoms with E-state index in [1.54, 1.807) is 7.11 Å². The Morgan fingerprint density at radius 3 is 2.58 bits per heavy atom.